The first-order valence-corrected chi connectivity index (χ1v) is 8.88. The van der Waals surface area contributed by atoms with Crippen LogP contribution < -0.4 is 4.80 Å². The van der Waals surface area contributed by atoms with Crippen LogP contribution in [0, 0.1) is 0 Å². The standard InChI is InChI=1S/C19H18N2O4S/c1-24-13-18(23)25-12-17(22)20-19-21(9-10-26-19)11-15-7-4-6-14-5-2-3-8-16(14)15/h2-10H,11-13H2,1H3. The zero-order chi connectivity index (χ0) is 18.4. The molecule has 1 heterocycles. The number of ether oxygens (including phenoxy) is 2. The van der Waals surface area contributed by atoms with Crippen LogP contribution in [0.15, 0.2) is 59.0 Å². The van der Waals surface area contributed by atoms with E-state index in [9.17, 15) is 9.59 Å². The van der Waals surface area contributed by atoms with Crippen molar-refractivity contribution in [3.05, 3.63) is 64.4 Å². The third kappa shape index (κ3) is 4.44. The summed E-state index contributed by atoms with van der Waals surface area (Å²) < 4.78 is 11.3. The maximum atomic E-state index is 11.9. The number of amides is 1. The van der Waals surface area contributed by atoms with Crippen LogP contribution in [0.3, 0.4) is 0 Å². The van der Waals surface area contributed by atoms with Gasteiger partial charge in [0.15, 0.2) is 11.4 Å². The Labute approximate surface area is 154 Å². The van der Waals surface area contributed by atoms with Crippen molar-refractivity contribution in [1.82, 2.24) is 4.57 Å². The Kier molecular flexibility index (Phi) is 5.93. The molecule has 0 saturated carbocycles. The summed E-state index contributed by atoms with van der Waals surface area (Å²) in [5.74, 6) is -1.10. The highest BCUT2D eigenvalue weighted by molar-refractivity contribution is 7.07. The first kappa shape index (κ1) is 18.0. The number of esters is 1. The third-order valence-electron chi connectivity index (χ3n) is 3.72. The summed E-state index contributed by atoms with van der Waals surface area (Å²) in [5, 5.41) is 4.20. The number of hydrogen-bond donors (Lipinski definition) is 0. The number of hydrogen-bond acceptors (Lipinski definition) is 5. The second-order valence-corrected chi connectivity index (χ2v) is 6.42. The number of rotatable bonds is 6. The maximum absolute atomic E-state index is 11.9. The predicted octanol–water partition coefficient (Wildman–Crippen LogP) is 2.37. The lowest BCUT2D eigenvalue weighted by Gasteiger charge is -2.07. The number of carbonyl (C=O) groups is 2. The topological polar surface area (TPSA) is 69.9 Å². The highest BCUT2D eigenvalue weighted by Gasteiger charge is 2.08. The molecule has 0 bridgehead atoms. The predicted molar refractivity (Wildman–Crippen MR) is 98.8 cm³/mol. The van der Waals surface area contributed by atoms with Gasteiger partial charge in [-0.1, -0.05) is 42.5 Å². The fourth-order valence-electron chi connectivity index (χ4n) is 2.56. The Hall–Kier alpha value is -2.77. The lowest BCUT2D eigenvalue weighted by atomic mass is 10.0. The molecule has 3 aromatic rings. The minimum atomic E-state index is -0.592. The van der Waals surface area contributed by atoms with Gasteiger partial charge in [0.25, 0.3) is 5.91 Å². The molecule has 26 heavy (non-hydrogen) atoms. The third-order valence-corrected chi connectivity index (χ3v) is 4.51. The first-order valence-electron chi connectivity index (χ1n) is 8.00. The van der Waals surface area contributed by atoms with E-state index in [1.54, 1.807) is 0 Å². The summed E-state index contributed by atoms with van der Waals surface area (Å²) in [6, 6.07) is 14.3. The van der Waals surface area contributed by atoms with Crippen LogP contribution in [-0.2, 0) is 25.6 Å². The van der Waals surface area contributed by atoms with Gasteiger partial charge in [-0.2, -0.15) is 4.99 Å². The van der Waals surface area contributed by atoms with Gasteiger partial charge in [-0.25, -0.2) is 4.79 Å². The Morgan fingerprint density at radius 2 is 1.92 bits per heavy atom. The molecule has 0 unspecified atom stereocenters. The van der Waals surface area contributed by atoms with Crippen molar-refractivity contribution in [1.29, 1.82) is 0 Å². The summed E-state index contributed by atoms with van der Waals surface area (Å²) in [6.45, 7) is 0.0160. The lowest BCUT2D eigenvalue weighted by Crippen LogP contribution is -2.21. The number of thiazole rings is 1. The number of carbonyl (C=O) groups excluding carboxylic acids is 2. The molecule has 0 aliphatic heterocycles. The smallest absolute Gasteiger partial charge is 0.332 e. The summed E-state index contributed by atoms with van der Waals surface area (Å²) in [7, 11) is 1.38. The Balaban J connectivity index is 1.78. The van der Waals surface area contributed by atoms with Crippen LogP contribution >= 0.6 is 11.3 Å². The molecule has 3 rings (SSSR count). The SMILES string of the molecule is COCC(=O)OCC(=O)N=c1sccn1Cc1cccc2ccccc12. The van der Waals surface area contributed by atoms with Crippen LogP contribution in [0.5, 0.6) is 0 Å². The lowest BCUT2D eigenvalue weighted by molar-refractivity contribution is -0.151. The molecule has 7 heteroatoms. The van der Waals surface area contributed by atoms with E-state index >= 15 is 0 Å². The Morgan fingerprint density at radius 3 is 2.77 bits per heavy atom. The number of fused-ring (bicyclic) bond motifs is 1. The second kappa shape index (κ2) is 8.55. The van der Waals surface area contributed by atoms with Crippen molar-refractivity contribution in [2.24, 2.45) is 4.99 Å². The van der Waals surface area contributed by atoms with Gasteiger partial charge in [0, 0.05) is 18.7 Å². The molecule has 0 saturated heterocycles. The van der Waals surface area contributed by atoms with Gasteiger partial charge in [-0.15, -0.1) is 11.3 Å². The first-order chi connectivity index (χ1) is 12.7. The molecule has 0 radical (unpaired) electrons. The summed E-state index contributed by atoms with van der Waals surface area (Å²) in [5.41, 5.74) is 1.14. The largest absolute Gasteiger partial charge is 0.454 e. The average molecular weight is 370 g/mol. The van der Waals surface area contributed by atoms with Gasteiger partial charge in [0.1, 0.15) is 6.61 Å². The van der Waals surface area contributed by atoms with Crippen molar-refractivity contribution >= 4 is 34.0 Å². The molecule has 0 spiro atoms. The molecule has 0 aliphatic carbocycles. The molecule has 2 aromatic carbocycles. The van der Waals surface area contributed by atoms with Crippen molar-refractivity contribution in [3.8, 4) is 0 Å². The minimum Gasteiger partial charge on any atom is -0.454 e. The van der Waals surface area contributed by atoms with Crippen molar-refractivity contribution in [3.63, 3.8) is 0 Å². The van der Waals surface area contributed by atoms with E-state index in [1.165, 1.54) is 29.2 Å². The van der Waals surface area contributed by atoms with Gasteiger partial charge >= 0.3 is 5.97 Å². The summed E-state index contributed by atoms with van der Waals surface area (Å²) >= 11 is 1.36. The Bertz CT molecular complexity index is 985. The van der Waals surface area contributed by atoms with Gasteiger partial charge in [0.2, 0.25) is 0 Å². The molecule has 1 aromatic heterocycles. The van der Waals surface area contributed by atoms with Crippen LogP contribution in [0.4, 0.5) is 0 Å². The minimum absolute atomic E-state index is 0.187. The zero-order valence-electron chi connectivity index (χ0n) is 14.3. The van der Waals surface area contributed by atoms with E-state index in [0.29, 0.717) is 11.3 Å². The van der Waals surface area contributed by atoms with E-state index < -0.39 is 18.5 Å². The zero-order valence-corrected chi connectivity index (χ0v) is 15.1. The number of methoxy groups -OCH3 is 1. The van der Waals surface area contributed by atoms with Crippen LogP contribution in [0.2, 0.25) is 0 Å². The summed E-state index contributed by atoms with van der Waals surface area (Å²) in [6.07, 6.45) is 1.88. The van der Waals surface area contributed by atoms with Crippen LogP contribution in [0.25, 0.3) is 10.8 Å². The monoisotopic (exact) mass is 370 g/mol. The van der Waals surface area contributed by atoms with E-state index in [1.807, 2.05) is 34.3 Å². The van der Waals surface area contributed by atoms with Gasteiger partial charge in [-0.05, 0) is 16.3 Å². The molecular weight excluding hydrogens is 352 g/mol. The molecule has 0 N–H and O–H groups in total. The number of aromatic nitrogens is 1. The van der Waals surface area contributed by atoms with Gasteiger partial charge < -0.3 is 14.0 Å². The van der Waals surface area contributed by atoms with Gasteiger partial charge in [-0.3, -0.25) is 4.79 Å². The van der Waals surface area contributed by atoms with E-state index in [4.69, 9.17) is 4.74 Å². The quantitative estimate of drug-likeness (QED) is 0.625. The van der Waals surface area contributed by atoms with E-state index in [2.05, 4.69) is 34.0 Å². The fraction of sp³-hybridized carbons (Fsp3) is 0.211. The molecule has 6 nitrogen and oxygen atoms in total. The summed E-state index contributed by atoms with van der Waals surface area (Å²) in [4.78, 5) is 27.8. The molecule has 0 fully saturated rings. The molecule has 0 aliphatic rings. The average Bonchev–Trinajstić information content (AvgIpc) is 3.07. The fourth-order valence-corrected chi connectivity index (χ4v) is 3.31. The highest BCUT2D eigenvalue weighted by atomic mass is 32.1. The molecule has 1 amide bonds. The van der Waals surface area contributed by atoms with E-state index in [-0.39, 0.29) is 6.61 Å². The second-order valence-electron chi connectivity index (χ2n) is 5.55. The van der Waals surface area contributed by atoms with Crippen LogP contribution in [-0.4, -0.2) is 36.8 Å². The van der Waals surface area contributed by atoms with E-state index in [0.717, 1.165) is 5.56 Å². The Morgan fingerprint density at radius 1 is 1.12 bits per heavy atom. The number of nitrogens with zero attached hydrogens (tertiary/aromatic N) is 2. The van der Waals surface area contributed by atoms with Gasteiger partial charge in [0.05, 0.1) is 6.54 Å². The number of benzene rings is 2. The van der Waals surface area contributed by atoms with Crippen molar-refractivity contribution in [2.75, 3.05) is 20.3 Å². The molecular formula is C19H18N2O4S. The molecule has 134 valence electrons. The maximum Gasteiger partial charge on any atom is 0.332 e. The van der Waals surface area contributed by atoms with Crippen LogP contribution in [0.1, 0.15) is 5.56 Å². The highest BCUT2D eigenvalue weighted by Crippen LogP contribution is 2.19. The normalized spacial score (nSPS) is 11.7. The van der Waals surface area contributed by atoms with Crippen molar-refractivity contribution < 1.29 is 19.1 Å². The molecule has 0 atom stereocenters. The van der Waals surface area contributed by atoms with Crippen molar-refractivity contribution in [2.45, 2.75) is 6.54 Å².